The molecule has 2 rings (SSSR count). The van der Waals surface area contributed by atoms with Gasteiger partial charge in [-0.2, -0.15) is 0 Å². The van der Waals surface area contributed by atoms with Crippen LogP contribution in [-0.2, 0) is 0 Å². The molecule has 1 aromatic rings. The van der Waals surface area contributed by atoms with Crippen LogP contribution >= 0.6 is 11.6 Å². The number of nitrogens with two attached hydrogens (primary N) is 1. The molecule has 20 heavy (non-hydrogen) atoms. The molecule has 0 unspecified atom stereocenters. The van der Waals surface area contributed by atoms with Gasteiger partial charge >= 0.3 is 0 Å². The van der Waals surface area contributed by atoms with Crippen LogP contribution in [0.3, 0.4) is 0 Å². The average molecular weight is 303 g/mol. The van der Waals surface area contributed by atoms with Gasteiger partial charge in [-0.25, -0.2) is 9.97 Å². The highest BCUT2D eigenvalue weighted by molar-refractivity contribution is 6.32. The van der Waals surface area contributed by atoms with Crippen LogP contribution in [0.15, 0.2) is 6.33 Å². The molecule has 1 aliphatic rings. The van der Waals surface area contributed by atoms with Gasteiger partial charge in [0, 0.05) is 31.8 Å². The molecule has 7 nitrogen and oxygen atoms in total. The third kappa shape index (κ3) is 2.80. The average Bonchev–Trinajstić information content (AvgIpc) is 2.80. The summed E-state index contributed by atoms with van der Waals surface area (Å²) in [6, 6.07) is -0.137. The van der Waals surface area contributed by atoms with E-state index in [1.165, 1.54) is 6.33 Å². The minimum atomic E-state index is -0.176. The molecular formula is C12H19ClN4O3. The van der Waals surface area contributed by atoms with Crippen LogP contribution in [0.5, 0.6) is 0 Å². The van der Waals surface area contributed by atoms with E-state index in [1.54, 1.807) is 0 Å². The molecule has 0 aromatic carbocycles. The van der Waals surface area contributed by atoms with Crippen LogP contribution < -0.4 is 11.1 Å². The molecule has 0 amide bonds. The Kier molecular flexibility index (Phi) is 4.98. The molecule has 1 heterocycles. The van der Waals surface area contributed by atoms with Crippen LogP contribution in [0, 0.1) is 17.8 Å². The molecule has 1 aromatic heterocycles. The Morgan fingerprint density at radius 2 is 1.90 bits per heavy atom. The quantitative estimate of drug-likeness (QED) is 0.474. The maximum Gasteiger partial charge on any atom is 0.157 e. The molecule has 1 fully saturated rings. The molecule has 0 radical (unpaired) electrons. The summed E-state index contributed by atoms with van der Waals surface area (Å²) >= 11 is 5.84. The number of rotatable bonds is 5. The van der Waals surface area contributed by atoms with Gasteiger partial charge in [-0.05, 0) is 18.3 Å². The van der Waals surface area contributed by atoms with Crippen LogP contribution in [0.25, 0.3) is 0 Å². The highest BCUT2D eigenvalue weighted by atomic mass is 35.5. The van der Waals surface area contributed by atoms with Crippen molar-refractivity contribution in [1.29, 1.82) is 0 Å². The number of nitrogens with one attached hydrogen (secondary N) is 1. The highest BCUT2D eigenvalue weighted by Crippen LogP contribution is 2.39. The normalized spacial score (nSPS) is 29.6. The van der Waals surface area contributed by atoms with Gasteiger partial charge in [-0.3, -0.25) is 0 Å². The molecule has 1 saturated carbocycles. The lowest BCUT2D eigenvalue weighted by molar-refractivity contribution is 0.0913. The standard InChI is InChI=1S/C12H19ClN4O3/c13-11-10(14)12(16-5-15-11)17-9-1-6(2-18)7(3-19)8(9)4-20/h5-9,18-20H,1-4,14H2,(H,15,16,17)/t6-,7+,8-,9-/m0/s1. The maximum absolute atomic E-state index is 9.53. The summed E-state index contributed by atoms with van der Waals surface area (Å²) in [4.78, 5) is 7.81. The second kappa shape index (κ2) is 6.53. The molecule has 6 N–H and O–H groups in total. The first kappa shape index (κ1) is 15.2. The topological polar surface area (TPSA) is 125 Å². The van der Waals surface area contributed by atoms with Gasteiger partial charge in [-0.15, -0.1) is 0 Å². The third-order valence-electron chi connectivity index (χ3n) is 4.04. The fourth-order valence-electron chi connectivity index (χ4n) is 2.91. The Morgan fingerprint density at radius 1 is 1.20 bits per heavy atom. The Hall–Kier alpha value is -1.15. The number of nitrogens with zero attached hydrogens (tertiary/aromatic N) is 2. The molecule has 0 bridgehead atoms. The summed E-state index contributed by atoms with van der Waals surface area (Å²) < 4.78 is 0. The predicted molar refractivity (Wildman–Crippen MR) is 75.2 cm³/mol. The maximum atomic E-state index is 9.53. The smallest absolute Gasteiger partial charge is 0.157 e. The van der Waals surface area contributed by atoms with E-state index in [4.69, 9.17) is 17.3 Å². The number of anilines is 2. The zero-order valence-corrected chi connectivity index (χ0v) is 11.7. The van der Waals surface area contributed by atoms with Gasteiger partial charge in [0.05, 0.1) is 0 Å². The zero-order chi connectivity index (χ0) is 14.7. The lowest BCUT2D eigenvalue weighted by Crippen LogP contribution is -2.32. The molecule has 0 saturated heterocycles. The van der Waals surface area contributed by atoms with Crippen molar-refractivity contribution in [2.75, 3.05) is 30.9 Å². The monoisotopic (exact) mass is 302 g/mol. The minimum Gasteiger partial charge on any atom is -0.396 e. The summed E-state index contributed by atoms with van der Waals surface area (Å²) in [6.45, 7) is -0.188. The van der Waals surface area contributed by atoms with Crippen LogP contribution in [0.4, 0.5) is 11.5 Å². The van der Waals surface area contributed by atoms with Gasteiger partial charge < -0.3 is 26.4 Å². The molecule has 0 spiro atoms. The summed E-state index contributed by atoms with van der Waals surface area (Å²) in [5, 5.41) is 31.6. The molecule has 0 aliphatic heterocycles. The summed E-state index contributed by atoms with van der Waals surface area (Å²) in [5.74, 6) is 0.0169. The summed E-state index contributed by atoms with van der Waals surface area (Å²) in [6.07, 6.45) is 1.92. The predicted octanol–water partition coefficient (Wildman–Crippen LogP) is -0.278. The van der Waals surface area contributed by atoms with Crippen molar-refractivity contribution >= 4 is 23.1 Å². The second-order valence-corrected chi connectivity index (χ2v) is 5.41. The van der Waals surface area contributed by atoms with E-state index >= 15 is 0 Å². The van der Waals surface area contributed by atoms with E-state index in [9.17, 15) is 15.3 Å². The van der Waals surface area contributed by atoms with E-state index in [-0.39, 0.29) is 54.5 Å². The fourth-order valence-corrected chi connectivity index (χ4v) is 3.04. The number of halogens is 1. The van der Waals surface area contributed by atoms with Crippen LogP contribution in [0.1, 0.15) is 6.42 Å². The highest BCUT2D eigenvalue weighted by Gasteiger charge is 2.42. The molecule has 4 atom stereocenters. The lowest BCUT2D eigenvalue weighted by atomic mass is 9.90. The Labute approximate surface area is 121 Å². The van der Waals surface area contributed by atoms with Crippen molar-refractivity contribution < 1.29 is 15.3 Å². The second-order valence-electron chi connectivity index (χ2n) is 5.05. The van der Waals surface area contributed by atoms with Gasteiger partial charge in [-0.1, -0.05) is 11.6 Å². The van der Waals surface area contributed by atoms with E-state index in [1.807, 2.05) is 0 Å². The SMILES string of the molecule is Nc1c(Cl)ncnc1N[C@H]1C[C@@H](CO)[C@@H](CO)[C@@H]1CO. The first-order chi connectivity index (χ1) is 9.62. The fraction of sp³-hybridized carbons (Fsp3) is 0.667. The van der Waals surface area contributed by atoms with Gasteiger partial charge in [0.15, 0.2) is 11.0 Å². The van der Waals surface area contributed by atoms with Crippen molar-refractivity contribution in [2.24, 2.45) is 17.8 Å². The van der Waals surface area contributed by atoms with Crippen molar-refractivity contribution in [3.05, 3.63) is 11.5 Å². The van der Waals surface area contributed by atoms with Crippen molar-refractivity contribution in [3.8, 4) is 0 Å². The number of hydrogen-bond acceptors (Lipinski definition) is 7. The van der Waals surface area contributed by atoms with E-state index < -0.39 is 0 Å². The Bertz CT molecular complexity index is 462. The first-order valence-corrected chi connectivity index (χ1v) is 6.85. The molecule has 8 heteroatoms. The van der Waals surface area contributed by atoms with E-state index in [0.717, 1.165) is 0 Å². The summed E-state index contributed by atoms with van der Waals surface area (Å²) in [7, 11) is 0. The van der Waals surface area contributed by atoms with Crippen molar-refractivity contribution in [3.63, 3.8) is 0 Å². The number of aromatic nitrogens is 2. The van der Waals surface area contributed by atoms with Crippen LogP contribution in [-0.4, -0.2) is 51.2 Å². The number of nitrogen functional groups attached to an aromatic ring is 1. The Balaban J connectivity index is 2.18. The number of aliphatic hydroxyl groups excluding tert-OH is 3. The minimum absolute atomic E-state index is 0.0279. The first-order valence-electron chi connectivity index (χ1n) is 6.47. The third-order valence-corrected chi connectivity index (χ3v) is 4.34. The largest absolute Gasteiger partial charge is 0.396 e. The molecular weight excluding hydrogens is 284 g/mol. The van der Waals surface area contributed by atoms with E-state index in [2.05, 4.69) is 15.3 Å². The van der Waals surface area contributed by atoms with Crippen LogP contribution in [0.2, 0.25) is 5.15 Å². The number of aliphatic hydroxyl groups is 3. The van der Waals surface area contributed by atoms with Gasteiger partial charge in [0.1, 0.15) is 12.0 Å². The van der Waals surface area contributed by atoms with Crippen molar-refractivity contribution in [2.45, 2.75) is 12.5 Å². The number of hydrogen-bond donors (Lipinski definition) is 5. The van der Waals surface area contributed by atoms with E-state index in [0.29, 0.717) is 12.2 Å². The Morgan fingerprint density at radius 3 is 2.50 bits per heavy atom. The van der Waals surface area contributed by atoms with Gasteiger partial charge in [0.2, 0.25) is 0 Å². The van der Waals surface area contributed by atoms with Crippen molar-refractivity contribution in [1.82, 2.24) is 9.97 Å². The lowest BCUT2D eigenvalue weighted by Gasteiger charge is -2.24. The van der Waals surface area contributed by atoms with Gasteiger partial charge in [0.25, 0.3) is 0 Å². The zero-order valence-electron chi connectivity index (χ0n) is 10.9. The summed E-state index contributed by atoms with van der Waals surface area (Å²) in [5.41, 5.74) is 6.05. The molecule has 112 valence electrons. The molecule has 1 aliphatic carbocycles.